The van der Waals surface area contributed by atoms with Gasteiger partial charge in [-0.05, 0) is 93.8 Å². The summed E-state index contributed by atoms with van der Waals surface area (Å²) >= 11 is 6.10. The molecule has 0 saturated heterocycles. The highest BCUT2D eigenvalue weighted by molar-refractivity contribution is 6.30. The zero-order valence-corrected chi connectivity index (χ0v) is 24.3. The number of benzene rings is 3. The lowest BCUT2D eigenvalue weighted by Crippen LogP contribution is -2.47. The number of carbonyl (C=O) groups is 3. The van der Waals surface area contributed by atoms with Crippen LogP contribution in [0.2, 0.25) is 5.02 Å². The highest BCUT2D eigenvalue weighted by atomic mass is 35.5. The molecule has 3 aromatic rings. The fraction of sp³-hybridized carbons (Fsp3) is 0.344. The molecule has 0 radical (unpaired) electrons. The lowest BCUT2D eigenvalue weighted by atomic mass is 9.89. The SMILES string of the molecule is COC(=O)C(C)(C)CCOc1ccc(C(=O)N2c3ccccc3[C@H](N(C(C)=O)c3ccc(Cl)cc3)C[C@@H]2C)cc1. The molecule has 0 aliphatic carbocycles. The molecule has 3 aromatic carbocycles. The first-order chi connectivity index (χ1) is 19.0. The number of carbonyl (C=O) groups excluding carboxylic acids is 3. The average molecular weight is 563 g/mol. The predicted molar refractivity (Wildman–Crippen MR) is 157 cm³/mol. The van der Waals surface area contributed by atoms with Gasteiger partial charge in [-0.3, -0.25) is 14.4 Å². The van der Waals surface area contributed by atoms with E-state index in [-0.39, 0.29) is 29.9 Å². The molecule has 2 atom stereocenters. The molecular weight excluding hydrogens is 528 g/mol. The van der Waals surface area contributed by atoms with E-state index in [9.17, 15) is 14.4 Å². The van der Waals surface area contributed by atoms with E-state index in [1.54, 1.807) is 53.1 Å². The molecule has 0 bridgehead atoms. The van der Waals surface area contributed by atoms with Gasteiger partial charge < -0.3 is 19.3 Å². The molecule has 0 aromatic heterocycles. The van der Waals surface area contributed by atoms with E-state index < -0.39 is 5.41 Å². The number of amides is 2. The number of hydrogen-bond donors (Lipinski definition) is 0. The fourth-order valence-corrected chi connectivity index (χ4v) is 5.28. The Morgan fingerprint density at radius 3 is 2.27 bits per heavy atom. The maximum Gasteiger partial charge on any atom is 0.311 e. The quantitative estimate of drug-likeness (QED) is 0.281. The van der Waals surface area contributed by atoms with Crippen LogP contribution < -0.4 is 14.5 Å². The maximum atomic E-state index is 13.8. The van der Waals surface area contributed by atoms with Crippen LogP contribution in [0, 0.1) is 5.41 Å². The molecule has 1 heterocycles. The lowest BCUT2D eigenvalue weighted by Gasteiger charge is -2.43. The normalized spacial score (nSPS) is 16.6. The monoisotopic (exact) mass is 562 g/mol. The number of rotatable bonds is 8. The first kappa shape index (κ1) is 29.2. The summed E-state index contributed by atoms with van der Waals surface area (Å²) < 4.78 is 10.7. The van der Waals surface area contributed by atoms with Gasteiger partial charge in [-0.2, -0.15) is 0 Å². The second-order valence-corrected chi connectivity index (χ2v) is 11.1. The van der Waals surface area contributed by atoms with Gasteiger partial charge in [-0.15, -0.1) is 0 Å². The summed E-state index contributed by atoms with van der Waals surface area (Å²) in [5.41, 5.74) is 2.33. The van der Waals surface area contributed by atoms with Crippen molar-refractivity contribution in [1.29, 1.82) is 0 Å². The Hall–Kier alpha value is -3.84. The summed E-state index contributed by atoms with van der Waals surface area (Å²) in [6, 6.07) is 21.6. The Kier molecular flexibility index (Phi) is 8.84. The van der Waals surface area contributed by atoms with Crippen LogP contribution >= 0.6 is 11.6 Å². The third-order valence-corrected chi connectivity index (χ3v) is 7.62. The van der Waals surface area contributed by atoms with E-state index in [0.717, 1.165) is 16.9 Å². The molecule has 1 aliphatic rings. The van der Waals surface area contributed by atoms with E-state index in [2.05, 4.69) is 0 Å². The number of anilines is 2. The van der Waals surface area contributed by atoms with Crippen molar-refractivity contribution in [3.8, 4) is 5.75 Å². The first-order valence-corrected chi connectivity index (χ1v) is 13.7. The number of fused-ring (bicyclic) bond motifs is 1. The van der Waals surface area contributed by atoms with Gasteiger partial charge in [-0.1, -0.05) is 29.8 Å². The Labute approximate surface area is 240 Å². The van der Waals surface area contributed by atoms with Crippen LogP contribution in [0.25, 0.3) is 0 Å². The molecule has 210 valence electrons. The second-order valence-electron chi connectivity index (χ2n) is 10.7. The predicted octanol–water partition coefficient (Wildman–Crippen LogP) is 6.84. The van der Waals surface area contributed by atoms with Crippen molar-refractivity contribution in [3.05, 3.63) is 88.9 Å². The van der Waals surface area contributed by atoms with Gasteiger partial charge in [-0.25, -0.2) is 0 Å². The fourth-order valence-electron chi connectivity index (χ4n) is 5.15. The summed E-state index contributed by atoms with van der Waals surface area (Å²) in [6.07, 6.45) is 1.07. The Morgan fingerprint density at radius 1 is 1.00 bits per heavy atom. The standard InChI is InChI=1S/C32H35ClN2O5/c1-21-20-29(35(22(2)36)25-14-12-24(33)13-15-25)27-8-6-7-9-28(27)34(21)30(37)23-10-16-26(17-11-23)40-19-18-32(3,4)31(38)39-5/h6-17,21,29H,18-20H2,1-5H3/t21-,29+/m0/s1. The van der Waals surface area contributed by atoms with Gasteiger partial charge >= 0.3 is 5.97 Å². The lowest BCUT2D eigenvalue weighted by molar-refractivity contribution is -0.151. The van der Waals surface area contributed by atoms with Crippen LogP contribution in [0.3, 0.4) is 0 Å². The number of para-hydroxylation sites is 1. The van der Waals surface area contributed by atoms with E-state index in [1.807, 2.05) is 57.2 Å². The largest absolute Gasteiger partial charge is 0.494 e. The molecule has 0 saturated carbocycles. The van der Waals surface area contributed by atoms with Crippen molar-refractivity contribution in [2.45, 2.75) is 52.6 Å². The Bertz CT molecular complexity index is 1370. The smallest absolute Gasteiger partial charge is 0.311 e. The van der Waals surface area contributed by atoms with Crippen LogP contribution in [0.5, 0.6) is 5.75 Å². The van der Waals surface area contributed by atoms with Gasteiger partial charge in [0.05, 0.1) is 25.2 Å². The van der Waals surface area contributed by atoms with Crippen LogP contribution in [0.4, 0.5) is 11.4 Å². The summed E-state index contributed by atoms with van der Waals surface area (Å²) in [6.45, 7) is 7.53. The van der Waals surface area contributed by atoms with Crippen molar-refractivity contribution >= 4 is 40.8 Å². The first-order valence-electron chi connectivity index (χ1n) is 13.3. The van der Waals surface area contributed by atoms with Gasteiger partial charge in [0, 0.05) is 34.9 Å². The topological polar surface area (TPSA) is 76.2 Å². The van der Waals surface area contributed by atoms with E-state index >= 15 is 0 Å². The van der Waals surface area contributed by atoms with E-state index in [4.69, 9.17) is 21.1 Å². The zero-order chi connectivity index (χ0) is 29.0. The van der Waals surface area contributed by atoms with Gasteiger partial charge in [0.2, 0.25) is 5.91 Å². The van der Waals surface area contributed by atoms with E-state index in [0.29, 0.717) is 35.8 Å². The molecule has 40 heavy (non-hydrogen) atoms. The minimum atomic E-state index is -0.647. The average Bonchev–Trinajstić information content (AvgIpc) is 2.93. The van der Waals surface area contributed by atoms with Crippen molar-refractivity contribution in [2.75, 3.05) is 23.5 Å². The van der Waals surface area contributed by atoms with Crippen LogP contribution in [0.1, 0.15) is 62.5 Å². The number of ether oxygens (including phenoxy) is 2. The molecular formula is C32H35ClN2O5. The van der Waals surface area contributed by atoms with Crippen LogP contribution in [-0.2, 0) is 14.3 Å². The highest BCUT2D eigenvalue weighted by Gasteiger charge is 2.38. The van der Waals surface area contributed by atoms with Crippen molar-refractivity contribution in [2.24, 2.45) is 5.41 Å². The second kappa shape index (κ2) is 12.1. The Morgan fingerprint density at radius 2 is 1.65 bits per heavy atom. The summed E-state index contributed by atoms with van der Waals surface area (Å²) in [4.78, 5) is 42.1. The third kappa shape index (κ3) is 6.15. The minimum absolute atomic E-state index is 0.0836. The highest BCUT2D eigenvalue weighted by Crippen LogP contribution is 2.43. The number of hydrogen-bond acceptors (Lipinski definition) is 5. The van der Waals surface area contributed by atoms with Crippen molar-refractivity contribution in [1.82, 2.24) is 0 Å². The summed E-state index contributed by atoms with van der Waals surface area (Å²) in [5, 5.41) is 0.600. The molecule has 1 aliphatic heterocycles. The number of esters is 1. The third-order valence-electron chi connectivity index (χ3n) is 7.37. The van der Waals surface area contributed by atoms with Gasteiger partial charge in [0.1, 0.15) is 5.75 Å². The minimum Gasteiger partial charge on any atom is -0.494 e. The summed E-state index contributed by atoms with van der Waals surface area (Å²) in [7, 11) is 1.38. The Balaban J connectivity index is 1.55. The molecule has 0 unspecified atom stereocenters. The van der Waals surface area contributed by atoms with E-state index in [1.165, 1.54) is 7.11 Å². The van der Waals surface area contributed by atoms with Gasteiger partial charge in [0.25, 0.3) is 5.91 Å². The molecule has 0 fully saturated rings. The molecule has 4 rings (SSSR count). The number of nitrogens with zero attached hydrogens (tertiary/aromatic N) is 2. The van der Waals surface area contributed by atoms with Crippen molar-refractivity contribution < 1.29 is 23.9 Å². The van der Waals surface area contributed by atoms with Gasteiger partial charge in [0.15, 0.2) is 0 Å². The number of methoxy groups -OCH3 is 1. The van der Waals surface area contributed by atoms with Crippen LogP contribution in [0.15, 0.2) is 72.8 Å². The zero-order valence-electron chi connectivity index (χ0n) is 23.5. The molecule has 0 spiro atoms. The summed E-state index contributed by atoms with van der Waals surface area (Å²) in [5.74, 6) is 0.122. The maximum absolute atomic E-state index is 13.8. The molecule has 7 nitrogen and oxygen atoms in total. The molecule has 2 amide bonds. The van der Waals surface area contributed by atoms with Crippen molar-refractivity contribution in [3.63, 3.8) is 0 Å². The molecule has 0 N–H and O–H groups in total. The number of halogens is 1. The molecule has 8 heteroatoms. The van der Waals surface area contributed by atoms with Crippen LogP contribution in [-0.4, -0.2) is 37.5 Å².